The van der Waals surface area contributed by atoms with E-state index in [-0.39, 0.29) is 12.1 Å². The Hall–Kier alpha value is -2.79. The van der Waals surface area contributed by atoms with Crippen LogP contribution in [0.25, 0.3) is 5.69 Å². The average molecular weight is 383 g/mol. The van der Waals surface area contributed by atoms with Gasteiger partial charge in [-0.2, -0.15) is 5.10 Å². The number of amides is 2. The van der Waals surface area contributed by atoms with Crippen LogP contribution in [0, 0.1) is 0 Å². The van der Waals surface area contributed by atoms with Gasteiger partial charge in [0.25, 0.3) is 0 Å². The zero-order chi connectivity index (χ0) is 19.1. The number of halogens is 1. The van der Waals surface area contributed by atoms with Gasteiger partial charge in [-0.3, -0.25) is 0 Å². The molecule has 5 nitrogen and oxygen atoms in total. The highest BCUT2D eigenvalue weighted by Gasteiger charge is 2.12. The molecule has 0 aliphatic heterocycles. The molecule has 0 fully saturated rings. The van der Waals surface area contributed by atoms with Crippen LogP contribution in [-0.2, 0) is 6.42 Å². The Labute approximate surface area is 164 Å². The summed E-state index contributed by atoms with van der Waals surface area (Å²) in [7, 11) is 0. The SMILES string of the molecule is CCC(NC(=O)NCCc1cnn(-c2ccccc2)c1)c1ccc(Cl)cc1. The van der Waals surface area contributed by atoms with Gasteiger partial charge in [0.2, 0.25) is 0 Å². The fourth-order valence-corrected chi connectivity index (χ4v) is 2.98. The summed E-state index contributed by atoms with van der Waals surface area (Å²) in [4.78, 5) is 12.2. The van der Waals surface area contributed by atoms with Crippen LogP contribution in [-0.4, -0.2) is 22.4 Å². The number of benzene rings is 2. The Kier molecular flexibility index (Phi) is 6.49. The maximum absolute atomic E-state index is 12.2. The third-order valence-electron chi connectivity index (χ3n) is 4.34. The number of hydrogen-bond donors (Lipinski definition) is 2. The lowest BCUT2D eigenvalue weighted by atomic mass is 10.1. The van der Waals surface area contributed by atoms with Crippen molar-refractivity contribution in [3.8, 4) is 5.69 Å². The first-order valence-electron chi connectivity index (χ1n) is 9.04. The van der Waals surface area contributed by atoms with E-state index >= 15 is 0 Å². The van der Waals surface area contributed by atoms with E-state index in [1.54, 1.807) is 0 Å². The normalized spacial score (nSPS) is 11.8. The number of urea groups is 1. The fraction of sp³-hybridized carbons (Fsp3) is 0.238. The topological polar surface area (TPSA) is 59.0 Å². The minimum atomic E-state index is -0.174. The standard InChI is InChI=1S/C21H23ClN4O/c1-2-20(17-8-10-18(22)11-9-17)25-21(27)23-13-12-16-14-24-26(15-16)19-6-4-3-5-7-19/h3-11,14-15,20H,2,12-13H2,1H3,(H2,23,25,27). The molecule has 1 atom stereocenters. The predicted octanol–water partition coefficient (Wildman–Crippen LogP) is 4.52. The summed E-state index contributed by atoms with van der Waals surface area (Å²) in [6.45, 7) is 2.58. The lowest BCUT2D eigenvalue weighted by Crippen LogP contribution is -2.38. The van der Waals surface area contributed by atoms with Crippen molar-refractivity contribution in [3.05, 3.63) is 83.1 Å². The van der Waals surface area contributed by atoms with Gasteiger partial charge in [0, 0.05) is 17.8 Å². The van der Waals surface area contributed by atoms with Gasteiger partial charge < -0.3 is 10.6 Å². The lowest BCUT2D eigenvalue weighted by Gasteiger charge is -2.18. The second-order valence-electron chi connectivity index (χ2n) is 6.29. The van der Waals surface area contributed by atoms with Gasteiger partial charge in [-0.15, -0.1) is 0 Å². The first-order valence-corrected chi connectivity index (χ1v) is 9.42. The number of carbonyl (C=O) groups excluding carboxylic acids is 1. The van der Waals surface area contributed by atoms with E-state index in [0.717, 1.165) is 29.7 Å². The van der Waals surface area contributed by atoms with Gasteiger partial charge in [0.05, 0.1) is 17.9 Å². The van der Waals surface area contributed by atoms with E-state index in [2.05, 4.69) is 15.7 Å². The summed E-state index contributed by atoms with van der Waals surface area (Å²) in [6, 6.07) is 17.3. The molecule has 6 heteroatoms. The van der Waals surface area contributed by atoms with E-state index < -0.39 is 0 Å². The Morgan fingerprint density at radius 2 is 1.89 bits per heavy atom. The zero-order valence-corrected chi connectivity index (χ0v) is 16.0. The number of nitrogens with zero attached hydrogens (tertiary/aromatic N) is 2. The number of para-hydroxylation sites is 1. The molecule has 27 heavy (non-hydrogen) atoms. The molecule has 1 aromatic heterocycles. The molecule has 0 radical (unpaired) electrons. The van der Waals surface area contributed by atoms with E-state index in [9.17, 15) is 4.79 Å². The zero-order valence-electron chi connectivity index (χ0n) is 15.2. The molecule has 0 spiro atoms. The second kappa shape index (κ2) is 9.24. The molecule has 0 saturated carbocycles. The molecule has 140 valence electrons. The molecule has 2 N–H and O–H groups in total. The average Bonchev–Trinajstić information content (AvgIpc) is 3.16. The fourth-order valence-electron chi connectivity index (χ4n) is 2.86. The van der Waals surface area contributed by atoms with Crippen molar-refractivity contribution in [2.45, 2.75) is 25.8 Å². The van der Waals surface area contributed by atoms with E-state index in [1.165, 1.54) is 0 Å². The summed E-state index contributed by atoms with van der Waals surface area (Å²) < 4.78 is 1.84. The van der Waals surface area contributed by atoms with E-state index in [0.29, 0.717) is 11.6 Å². The number of nitrogens with one attached hydrogen (secondary N) is 2. The first-order chi connectivity index (χ1) is 13.2. The van der Waals surface area contributed by atoms with Crippen molar-refractivity contribution >= 4 is 17.6 Å². The molecule has 3 rings (SSSR count). The van der Waals surface area contributed by atoms with Crippen LogP contribution in [0.3, 0.4) is 0 Å². The highest BCUT2D eigenvalue weighted by molar-refractivity contribution is 6.30. The third kappa shape index (κ3) is 5.34. The molecule has 1 unspecified atom stereocenters. The van der Waals surface area contributed by atoms with Gasteiger partial charge in [0.1, 0.15) is 0 Å². The quantitative estimate of drug-likeness (QED) is 0.631. The van der Waals surface area contributed by atoms with Crippen molar-refractivity contribution in [1.29, 1.82) is 0 Å². The van der Waals surface area contributed by atoms with Gasteiger partial charge in [-0.05, 0) is 48.2 Å². The lowest BCUT2D eigenvalue weighted by molar-refractivity contribution is 0.237. The Balaban J connectivity index is 1.48. The summed E-state index contributed by atoms with van der Waals surface area (Å²) >= 11 is 5.93. The van der Waals surface area contributed by atoms with Crippen LogP contribution >= 0.6 is 11.6 Å². The van der Waals surface area contributed by atoms with E-state index in [1.807, 2.05) is 78.6 Å². The summed E-state index contributed by atoms with van der Waals surface area (Å²) in [6.07, 6.45) is 5.34. The van der Waals surface area contributed by atoms with Crippen molar-refractivity contribution in [2.75, 3.05) is 6.54 Å². The van der Waals surface area contributed by atoms with Crippen LogP contribution in [0.4, 0.5) is 4.79 Å². The Bertz CT molecular complexity index is 861. The van der Waals surface area contributed by atoms with Gasteiger partial charge in [0.15, 0.2) is 0 Å². The van der Waals surface area contributed by atoms with Crippen LogP contribution < -0.4 is 10.6 Å². The van der Waals surface area contributed by atoms with Crippen LogP contribution in [0.15, 0.2) is 67.0 Å². The van der Waals surface area contributed by atoms with Crippen molar-refractivity contribution in [1.82, 2.24) is 20.4 Å². The van der Waals surface area contributed by atoms with Crippen molar-refractivity contribution < 1.29 is 4.79 Å². The van der Waals surface area contributed by atoms with Crippen molar-refractivity contribution in [3.63, 3.8) is 0 Å². The van der Waals surface area contributed by atoms with Crippen LogP contribution in [0.5, 0.6) is 0 Å². The van der Waals surface area contributed by atoms with Gasteiger partial charge in [-0.1, -0.05) is 48.9 Å². The largest absolute Gasteiger partial charge is 0.338 e. The highest BCUT2D eigenvalue weighted by atomic mass is 35.5. The first kappa shape index (κ1) is 19.0. The minimum Gasteiger partial charge on any atom is -0.338 e. The Morgan fingerprint density at radius 3 is 2.59 bits per heavy atom. The maximum atomic E-state index is 12.2. The number of rotatable bonds is 7. The second-order valence-corrected chi connectivity index (χ2v) is 6.73. The van der Waals surface area contributed by atoms with E-state index in [4.69, 9.17) is 11.6 Å². The molecule has 0 aliphatic carbocycles. The molecule has 2 aromatic carbocycles. The van der Waals surface area contributed by atoms with Crippen molar-refractivity contribution in [2.24, 2.45) is 0 Å². The molecular weight excluding hydrogens is 360 g/mol. The van der Waals surface area contributed by atoms with Crippen LogP contribution in [0.2, 0.25) is 5.02 Å². The summed E-state index contributed by atoms with van der Waals surface area (Å²) in [5.41, 5.74) is 3.13. The highest BCUT2D eigenvalue weighted by Crippen LogP contribution is 2.19. The minimum absolute atomic E-state index is 0.0388. The number of aromatic nitrogens is 2. The molecular formula is C21H23ClN4O. The number of hydrogen-bond acceptors (Lipinski definition) is 2. The molecule has 0 saturated heterocycles. The molecule has 0 bridgehead atoms. The van der Waals surface area contributed by atoms with Gasteiger partial charge in [-0.25, -0.2) is 9.48 Å². The predicted molar refractivity (Wildman–Crippen MR) is 108 cm³/mol. The smallest absolute Gasteiger partial charge is 0.315 e. The molecule has 1 heterocycles. The monoisotopic (exact) mass is 382 g/mol. The summed E-state index contributed by atoms with van der Waals surface area (Å²) in [5.74, 6) is 0. The Morgan fingerprint density at radius 1 is 1.15 bits per heavy atom. The molecule has 3 aromatic rings. The third-order valence-corrected chi connectivity index (χ3v) is 4.59. The van der Waals surface area contributed by atoms with Crippen LogP contribution in [0.1, 0.15) is 30.5 Å². The maximum Gasteiger partial charge on any atom is 0.315 e. The summed E-state index contributed by atoms with van der Waals surface area (Å²) in [5, 5.41) is 11.0. The van der Waals surface area contributed by atoms with Gasteiger partial charge >= 0.3 is 6.03 Å². The number of carbonyl (C=O) groups is 1. The molecule has 2 amide bonds. The molecule has 0 aliphatic rings.